The van der Waals surface area contributed by atoms with E-state index in [2.05, 4.69) is 19.9 Å². The monoisotopic (exact) mass is 497 g/mol. The smallest absolute Gasteiger partial charge is 0.162 e. The highest BCUT2D eigenvalue weighted by atomic mass is 16.5. The zero-order valence-electron chi connectivity index (χ0n) is 20.5. The molecule has 0 aliphatic rings. The van der Waals surface area contributed by atoms with E-state index in [4.69, 9.17) is 31.4 Å². The summed E-state index contributed by atoms with van der Waals surface area (Å²) in [6.07, 6.45) is 7.26. The van der Waals surface area contributed by atoms with Gasteiger partial charge in [0.2, 0.25) is 0 Å². The van der Waals surface area contributed by atoms with Gasteiger partial charge in [0.15, 0.2) is 11.5 Å². The second-order valence-corrected chi connectivity index (χ2v) is 8.60. The molecule has 0 radical (unpaired) electrons. The first-order valence-corrected chi connectivity index (χ1v) is 11.6. The van der Waals surface area contributed by atoms with Crippen molar-refractivity contribution in [3.8, 4) is 28.5 Å². The van der Waals surface area contributed by atoms with E-state index < -0.39 is 0 Å². The molecule has 0 aliphatic carbocycles. The molecule has 0 saturated heterocycles. The largest absolute Gasteiger partial charge is 0.493 e. The second kappa shape index (κ2) is 10.1. The van der Waals surface area contributed by atoms with Crippen LogP contribution in [0.15, 0.2) is 61.2 Å². The number of benzene rings is 1. The van der Waals surface area contributed by atoms with Crippen molar-refractivity contribution in [1.29, 1.82) is 0 Å². The fraction of sp³-hybridized carbons (Fsp3) is 0.185. The first kappa shape index (κ1) is 24.0. The van der Waals surface area contributed by atoms with Gasteiger partial charge in [-0.2, -0.15) is 0 Å². The van der Waals surface area contributed by atoms with Gasteiger partial charge in [-0.1, -0.05) is 0 Å². The summed E-state index contributed by atoms with van der Waals surface area (Å²) in [6, 6.07) is 10.8. The first-order chi connectivity index (χ1) is 17.9. The number of hydrogen-bond acceptors (Lipinski definition) is 10. The second-order valence-electron chi connectivity index (χ2n) is 8.60. The lowest BCUT2D eigenvalue weighted by atomic mass is 10.0. The highest BCUT2D eigenvalue weighted by Crippen LogP contribution is 2.37. The van der Waals surface area contributed by atoms with Crippen LogP contribution < -0.4 is 31.4 Å². The normalized spacial score (nSPS) is 12.0. The Morgan fingerprint density at radius 2 is 1.68 bits per heavy atom. The van der Waals surface area contributed by atoms with Crippen LogP contribution in [0.3, 0.4) is 0 Å². The van der Waals surface area contributed by atoms with E-state index in [1.165, 1.54) is 0 Å². The van der Waals surface area contributed by atoms with E-state index in [9.17, 15) is 0 Å². The summed E-state index contributed by atoms with van der Waals surface area (Å²) in [6.45, 7) is 0.285. The molecule has 0 amide bonds. The number of nitrogen functional groups attached to an aromatic ring is 2. The minimum atomic E-state index is -0.266. The van der Waals surface area contributed by atoms with Crippen molar-refractivity contribution < 1.29 is 14.2 Å². The maximum Gasteiger partial charge on any atom is 0.162 e. The zero-order chi connectivity index (χ0) is 25.9. The average Bonchev–Trinajstić information content (AvgIpc) is 2.91. The molecule has 10 heteroatoms. The van der Waals surface area contributed by atoms with Gasteiger partial charge in [-0.15, -0.1) is 0 Å². The highest BCUT2D eigenvalue weighted by Gasteiger charge is 2.14. The third-order valence-corrected chi connectivity index (χ3v) is 6.00. The van der Waals surface area contributed by atoms with E-state index in [-0.39, 0.29) is 12.6 Å². The molecule has 0 aliphatic heterocycles. The Balaban J connectivity index is 1.44. The summed E-state index contributed by atoms with van der Waals surface area (Å²) in [5.74, 6) is 2.13. The summed E-state index contributed by atoms with van der Waals surface area (Å²) in [7, 11) is 3.19. The van der Waals surface area contributed by atoms with Gasteiger partial charge < -0.3 is 31.4 Å². The van der Waals surface area contributed by atoms with Crippen molar-refractivity contribution in [3.05, 3.63) is 66.9 Å². The van der Waals surface area contributed by atoms with Gasteiger partial charge in [-0.3, -0.25) is 15.0 Å². The predicted octanol–water partition coefficient (Wildman–Crippen LogP) is 3.37. The fourth-order valence-corrected chi connectivity index (χ4v) is 4.18. The van der Waals surface area contributed by atoms with Crippen LogP contribution in [0.2, 0.25) is 0 Å². The van der Waals surface area contributed by atoms with E-state index in [1.54, 1.807) is 45.1 Å². The maximum atomic E-state index is 6.34. The van der Waals surface area contributed by atoms with Crippen LogP contribution in [-0.4, -0.2) is 46.8 Å². The molecule has 0 saturated carbocycles. The Kier molecular flexibility index (Phi) is 6.57. The molecule has 0 bridgehead atoms. The molecule has 10 nitrogen and oxygen atoms in total. The molecule has 37 heavy (non-hydrogen) atoms. The molecule has 4 aromatic heterocycles. The van der Waals surface area contributed by atoms with Crippen molar-refractivity contribution in [1.82, 2.24) is 19.9 Å². The fourth-order valence-electron chi connectivity index (χ4n) is 4.18. The number of ether oxygens (including phenoxy) is 3. The number of aromatic nitrogens is 4. The molecule has 0 spiro atoms. The minimum Gasteiger partial charge on any atom is -0.493 e. The van der Waals surface area contributed by atoms with Gasteiger partial charge in [-0.25, -0.2) is 4.98 Å². The van der Waals surface area contributed by atoms with E-state index in [1.807, 2.05) is 30.3 Å². The van der Waals surface area contributed by atoms with Crippen molar-refractivity contribution in [2.75, 3.05) is 32.3 Å². The van der Waals surface area contributed by atoms with Crippen molar-refractivity contribution >= 4 is 33.2 Å². The van der Waals surface area contributed by atoms with E-state index in [0.29, 0.717) is 40.9 Å². The minimum absolute atomic E-state index is 0.266. The van der Waals surface area contributed by atoms with Crippen LogP contribution in [0.4, 0.5) is 11.5 Å². The predicted molar refractivity (Wildman–Crippen MR) is 144 cm³/mol. The van der Waals surface area contributed by atoms with Gasteiger partial charge >= 0.3 is 0 Å². The SMILES string of the molecule is COc1cc2ncc3c(N)nc(-c4cncc(OC[C@@H](N)Cc5cc(N)ccn5)c4)cc3c2cc1OC. The number of rotatable bonds is 8. The molecule has 4 heterocycles. The van der Waals surface area contributed by atoms with Gasteiger partial charge in [0.05, 0.1) is 31.6 Å². The molecule has 5 aromatic rings. The van der Waals surface area contributed by atoms with Crippen LogP contribution in [0.25, 0.3) is 32.9 Å². The Hall–Kier alpha value is -4.70. The topological polar surface area (TPSA) is 157 Å². The molecule has 0 fully saturated rings. The van der Waals surface area contributed by atoms with E-state index >= 15 is 0 Å². The standard InChI is InChI=1S/C27H27N7O3/c1-35-25-9-21-20-8-23(34-27(30)22(20)13-33-24(21)10-26(25)36-2)15-5-19(12-31-11-15)37-14-17(29)7-18-6-16(28)3-4-32-18/h3-6,8-13,17H,7,14,29H2,1-2H3,(H2,28,32)(H2,30,34)/t17-/m0/s1. The molecular formula is C27H27N7O3. The third-order valence-electron chi connectivity index (χ3n) is 6.00. The van der Waals surface area contributed by atoms with Gasteiger partial charge in [0.1, 0.15) is 18.2 Å². The van der Waals surface area contributed by atoms with Crippen molar-refractivity contribution in [3.63, 3.8) is 0 Å². The summed E-state index contributed by atoms with van der Waals surface area (Å²) in [5, 5.41) is 2.49. The molecule has 1 atom stereocenters. The van der Waals surface area contributed by atoms with Crippen LogP contribution in [0, 0.1) is 0 Å². The van der Waals surface area contributed by atoms with Gasteiger partial charge in [-0.05, 0) is 35.7 Å². The molecule has 1 aromatic carbocycles. The number of anilines is 2. The number of nitrogens with zero attached hydrogens (tertiary/aromatic N) is 4. The summed E-state index contributed by atoms with van der Waals surface area (Å²) in [4.78, 5) is 17.8. The van der Waals surface area contributed by atoms with Gasteiger partial charge in [0, 0.05) is 64.8 Å². The van der Waals surface area contributed by atoms with Crippen LogP contribution in [0.5, 0.6) is 17.2 Å². The van der Waals surface area contributed by atoms with Crippen molar-refractivity contribution in [2.24, 2.45) is 5.73 Å². The Morgan fingerprint density at radius 3 is 2.46 bits per heavy atom. The molecule has 5 rings (SSSR count). The lowest BCUT2D eigenvalue weighted by Crippen LogP contribution is -2.30. The zero-order valence-corrected chi connectivity index (χ0v) is 20.5. The Labute approximate surface area is 213 Å². The lowest BCUT2D eigenvalue weighted by Gasteiger charge is -2.14. The molecule has 0 unspecified atom stereocenters. The first-order valence-electron chi connectivity index (χ1n) is 11.6. The lowest BCUT2D eigenvalue weighted by molar-refractivity contribution is 0.286. The molecule has 188 valence electrons. The third kappa shape index (κ3) is 5.00. The summed E-state index contributed by atoms with van der Waals surface area (Å²) in [5.41, 5.74) is 22.0. The number of hydrogen-bond donors (Lipinski definition) is 3. The molecular weight excluding hydrogens is 470 g/mol. The summed E-state index contributed by atoms with van der Waals surface area (Å²) < 4.78 is 16.8. The average molecular weight is 498 g/mol. The van der Waals surface area contributed by atoms with Crippen LogP contribution >= 0.6 is 0 Å². The Morgan fingerprint density at radius 1 is 0.865 bits per heavy atom. The summed E-state index contributed by atoms with van der Waals surface area (Å²) >= 11 is 0. The Bertz CT molecular complexity index is 1590. The maximum absolute atomic E-state index is 6.34. The highest BCUT2D eigenvalue weighted by molar-refractivity contribution is 6.10. The number of fused-ring (bicyclic) bond motifs is 3. The van der Waals surface area contributed by atoms with Crippen LogP contribution in [-0.2, 0) is 6.42 Å². The van der Waals surface area contributed by atoms with E-state index in [0.717, 1.165) is 32.9 Å². The molecule has 6 N–H and O–H groups in total. The quantitative estimate of drug-likeness (QED) is 0.271. The van der Waals surface area contributed by atoms with Gasteiger partial charge in [0.25, 0.3) is 0 Å². The van der Waals surface area contributed by atoms with Crippen LogP contribution in [0.1, 0.15) is 5.69 Å². The van der Waals surface area contributed by atoms with Crippen molar-refractivity contribution in [2.45, 2.75) is 12.5 Å². The number of nitrogens with two attached hydrogens (primary N) is 3. The number of pyridine rings is 4. The number of methoxy groups -OCH3 is 2.